The summed E-state index contributed by atoms with van der Waals surface area (Å²) in [7, 11) is 0. The zero-order valence-corrected chi connectivity index (χ0v) is 14.4. The highest BCUT2D eigenvalue weighted by Gasteiger charge is 2.14. The fourth-order valence-corrected chi connectivity index (χ4v) is 2.83. The number of nitrogens with zero attached hydrogens (tertiary/aromatic N) is 1. The minimum atomic E-state index is -0.754. The van der Waals surface area contributed by atoms with Crippen molar-refractivity contribution in [2.24, 2.45) is 0 Å². The lowest BCUT2D eigenvalue weighted by Crippen LogP contribution is -2.08. The molecule has 0 atom stereocenters. The summed E-state index contributed by atoms with van der Waals surface area (Å²) in [4.78, 5) is 27.2. The molecule has 2 aromatic rings. The van der Waals surface area contributed by atoms with Gasteiger partial charge in [0, 0.05) is 17.4 Å². The number of carbonyl (C=O) groups is 1. The van der Waals surface area contributed by atoms with Crippen LogP contribution in [0.5, 0.6) is 0 Å². The molecule has 0 unspecified atom stereocenters. The number of aryl methyl sites for hydroxylation is 1. The first-order valence-electron chi connectivity index (χ1n) is 8.48. The van der Waals surface area contributed by atoms with Gasteiger partial charge in [-0.15, -0.1) is 0 Å². The van der Waals surface area contributed by atoms with Crippen molar-refractivity contribution >= 4 is 23.0 Å². The molecule has 1 heterocycles. The Bertz CT molecular complexity index is 1060. The Kier molecular flexibility index (Phi) is 5.20. The van der Waals surface area contributed by atoms with Crippen molar-refractivity contribution in [2.75, 3.05) is 6.61 Å². The second-order valence-corrected chi connectivity index (χ2v) is 5.91. The van der Waals surface area contributed by atoms with E-state index in [-0.39, 0.29) is 17.9 Å². The Morgan fingerprint density at radius 2 is 2.23 bits per heavy atom. The lowest BCUT2D eigenvalue weighted by Gasteiger charge is -2.09. The maximum atomic E-state index is 12.3. The summed E-state index contributed by atoms with van der Waals surface area (Å²) in [5.41, 5.74) is 1.73. The number of ether oxygens (including phenoxy) is 1. The molecule has 1 aliphatic rings. The van der Waals surface area contributed by atoms with Crippen LogP contribution in [0.25, 0.3) is 21.9 Å². The summed E-state index contributed by atoms with van der Waals surface area (Å²) in [6, 6.07) is 5.39. The number of esters is 1. The summed E-state index contributed by atoms with van der Waals surface area (Å²) in [5.74, 6) is 5.51. The highest BCUT2D eigenvalue weighted by Crippen LogP contribution is 2.23. The third-order valence-corrected chi connectivity index (χ3v) is 4.10. The predicted molar refractivity (Wildman–Crippen MR) is 98.1 cm³/mol. The van der Waals surface area contributed by atoms with Gasteiger partial charge in [0.2, 0.25) is 0 Å². The lowest BCUT2D eigenvalue weighted by atomic mass is 9.97. The van der Waals surface area contributed by atoms with Crippen LogP contribution in [-0.2, 0) is 16.0 Å². The van der Waals surface area contributed by atoms with Crippen molar-refractivity contribution in [3.05, 3.63) is 62.4 Å². The second kappa shape index (κ2) is 7.72. The molecular formula is C21H17NO4. The summed E-state index contributed by atoms with van der Waals surface area (Å²) in [5, 5.41) is 0.741. The third kappa shape index (κ3) is 3.68. The molecule has 0 saturated heterocycles. The van der Waals surface area contributed by atoms with Crippen LogP contribution in [0.3, 0.4) is 0 Å². The van der Waals surface area contributed by atoms with Gasteiger partial charge in [0.15, 0.2) is 0 Å². The predicted octanol–water partition coefficient (Wildman–Crippen LogP) is 3.69. The van der Waals surface area contributed by atoms with Gasteiger partial charge < -0.3 is 9.15 Å². The Morgan fingerprint density at radius 1 is 1.38 bits per heavy atom. The Balaban J connectivity index is 2.11. The van der Waals surface area contributed by atoms with Crippen molar-refractivity contribution in [1.29, 1.82) is 0 Å². The minimum absolute atomic E-state index is 0.147. The van der Waals surface area contributed by atoms with Gasteiger partial charge in [-0.1, -0.05) is 11.8 Å². The van der Waals surface area contributed by atoms with E-state index in [1.165, 1.54) is 6.08 Å². The highest BCUT2D eigenvalue weighted by atomic mass is 16.5. The van der Waals surface area contributed by atoms with Gasteiger partial charge in [0.25, 0.3) is 5.70 Å². The van der Waals surface area contributed by atoms with Crippen LogP contribution in [0.15, 0.2) is 33.1 Å². The molecule has 0 aliphatic heterocycles. The largest absolute Gasteiger partial charge is 0.471 e. The van der Waals surface area contributed by atoms with Crippen molar-refractivity contribution < 1.29 is 13.9 Å². The summed E-state index contributed by atoms with van der Waals surface area (Å²) in [6.45, 7) is 8.94. The molecule has 0 fully saturated rings. The molecule has 0 N–H and O–H groups in total. The summed E-state index contributed by atoms with van der Waals surface area (Å²) >= 11 is 0. The zero-order chi connectivity index (χ0) is 18.5. The zero-order valence-electron chi connectivity index (χ0n) is 14.4. The molecule has 0 bridgehead atoms. The molecule has 0 spiro atoms. The summed E-state index contributed by atoms with van der Waals surface area (Å²) in [6.07, 6.45) is 5.13. The quantitative estimate of drug-likeness (QED) is 0.279. The van der Waals surface area contributed by atoms with E-state index in [9.17, 15) is 9.59 Å². The molecule has 1 aliphatic carbocycles. The monoisotopic (exact) mass is 347 g/mol. The normalized spacial score (nSPS) is 13.6. The molecule has 0 amide bonds. The SMILES string of the molecule is [C-]#[N+]/C(=C/c1cc2cc3c(cc2oc1=O)C#CCCCC3)C(=O)OCC. The summed E-state index contributed by atoms with van der Waals surface area (Å²) < 4.78 is 10.2. The Hall–Kier alpha value is -3.31. The van der Waals surface area contributed by atoms with E-state index in [0.717, 1.165) is 42.2 Å². The van der Waals surface area contributed by atoms with Gasteiger partial charge in [0.05, 0.1) is 18.7 Å². The molecular weight excluding hydrogens is 330 g/mol. The molecule has 26 heavy (non-hydrogen) atoms. The maximum Gasteiger partial charge on any atom is 0.342 e. The van der Waals surface area contributed by atoms with Crippen molar-refractivity contribution in [2.45, 2.75) is 32.6 Å². The molecule has 1 aromatic heterocycles. The standard InChI is InChI=1S/C21H17NO4/c1-3-25-21(24)18(22-2)12-17-11-16-10-14-8-6-4-5-7-9-15(14)13-19(16)26-20(17)23/h10-13H,3-6,8H2,1H3/b18-12+. The maximum absolute atomic E-state index is 12.3. The second-order valence-electron chi connectivity index (χ2n) is 5.91. The number of hydrogen-bond acceptors (Lipinski definition) is 4. The fraction of sp³-hybridized carbons (Fsp3) is 0.286. The van der Waals surface area contributed by atoms with Crippen LogP contribution in [0.1, 0.15) is 42.9 Å². The van der Waals surface area contributed by atoms with Crippen LogP contribution in [0.4, 0.5) is 0 Å². The smallest absolute Gasteiger partial charge is 0.342 e. The van der Waals surface area contributed by atoms with Crippen LogP contribution >= 0.6 is 0 Å². The van der Waals surface area contributed by atoms with Gasteiger partial charge in [-0.25, -0.2) is 9.64 Å². The van der Waals surface area contributed by atoms with E-state index in [4.69, 9.17) is 15.7 Å². The average Bonchev–Trinajstić information content (AvgIpc) is 2.60. The van der Waals surface area contributed by atoms with Crippen molar-refractivity contribution in [1.82, 2.24) is 0 Å². The van der Waals surface area contributed by atoms with Crippen molar-refractivity contribution in [3.63, 3.8) is 0 Å². The number of benzene rings is 1. The number of rotatable bonds is 3. The highest BCUT2D eigenvalue weighted by molar-refractivity contribution is 5.96. The fourth-order valence-electron chi connectivity index (χ4n) is 2.83. The third-order valence-electron chi connectivity index (χ3n) is 4.10. The molecule has 5 heteroatoms. The van der Waals surface area contributed by atoms with Gasteiger partial charge in [0.1, 0.15) is 5.58 Å². The first-order chi connectivity index (χ1) is 12.6. The van der Waals surface area contributed by atoms with Crippen LogP contribution in [0, 0.1) is 18.4 Å². The number of hydrogen-bond donors (Lipinski definition) is 0. The molecule has 0 radical (unpaired) electrons. The first kappa shape index (κ1) is 17.5. The molecule has 0 saturated carbocycles. The van der Waals surface area contributed by atoms with Crippen LogP contribution < -0.4 is 5.63 Å². The average molecular weight is 347 g/mol. The van der Waals surface area contributed by atoms with Gasteiger partial charge in [-0.05, 0) is 56.0 Å². The van der Waals surface area contributed by atoms with Crippen LogP contribution in [-0.4, -0.2) is 12.6 Å². The van der Waals surface area contributed by atoms with E-state index in [1.807, 2.05) is 6.07 Å². The molecule has 3 rings (SSSR count). The van der Waals surface area contributed by atoms with E-state index in [2.05, 4.69) is 16.7 Å². The number of carbonyl (C=O) groups excluding carboxylic acids is 1. The molecule has 1 aromatic carbocycles. The molecule has 5 nitrogen and oxygen atoms in total. The van der Waals surface area contributed by atoms with E-state index in [1.54, 1.807) is 19.1 Å². The Labute approximate surface area is 151 Å². The first-order valence-corrected chi connectivity index (χ1v) is 8.48. The van der Waals surface area contributed by atoms with Gasteiger partial charge in [-0.3, -0.25) is 4.79 Å². The topological polar surface area (TPSA) is 60.9 Å². The van der Waals surface area contributed by atoms with E-state index in [0.29, 0.717) is 5.58 Å². The number of fused-ring (bicyclic) bond motifs is 2. The van der Waals surface area contributed by atoms with Crippen LogP contribution in [0.2, 0.25) is 0 Å². The molecule has 130 valence electrons. The van der Waals surface area contributed by atoms with Crippen molar-refractivity contribution in [3.8, 4) is 11.8 Å². The lowest BCUT2D eigenvalue weighted by molar-refractivity contribution is -0.138. The van der Waals surface area contributed by atoms with E-state index < -0.39 is 11.6 Å². The Morgan fingerprint density at radius 3 is 3.00 bits per heavy atom. The van der Waals surface area contributed by atoms with E-state index >= 15 is 0 Å². The van der Waals surface area contributed by atoms with Gasteiger partial charge in [-0.2, -0.15) is 0 Å². The minimum Gasteiger partial charge on any atom is -0.471 e. The van der Waals surface area contributed by atoms with Gasteiger partial charge >= 0.3 is 11.6 Å².